The molecule has 2 N–H and O–H groups in total. The number of carbonyl (C=O) groups is 2. The van der Waals surface area contributed by atoms with E-state index in [1.54, 1.807) is 24.3 Å². The minimum Gasteiger partial charge on any atom is -0.493 e. The fourth-order valence-corrected chi connectivity index (χ4v) is 3.50. The monoisotopic (exact) mass is 454 g/mol. The lowest BCUT2D eigenvalue weighted by atomic mass is 10.1. The zero-order chi connectivity index (χ0) is 23.1. The molecular weight excluding hydrogens is 428 g/mol. The predicted octanol–water partition coefficient (Wildman–Crippen LogP) is 4.13. The van der Waals surface area contributed by atoms with Gasteiger partial charge in [0.1, 0.15) is 5.75 Å². The third kappa shape index (κ3) is 6.59. The van der Waals surface area contributed by atoms with Crippen LogP contribution in [-0.4, -0.2) is 28.2 Å². The van der Waals surface area contributed by atoms with Gasteiger partial charge in [-0.05, 0) is 74.7 Å². The minimum atomic E-state index is -0.374. The van der Waals surface area contributed by atoms with Gasteiger partial charge < -0.3 is 4.74 Å². The minimum absolute atomic E-state index is 0.227. The molecule has 32 heavy (non-hydrogen) atoms. The average molecular weight is 455 g/mol. The summed E-state index contributed by atoms with van der Waals surface area (Å²) in [5, 5.41) is 5.10. The van der Waals surface area contributed by atoms with Gasteiger partial charge in [0.15, 0.2) is 0 Å². The molecule has 7 nitrogen and oxygen atoms in total. The molecule has 0 saturated carbocycles. The summed E-state index contributed by atoms with van der Waals surface area (Å²) in [6.45, 7) is 6.81. The number of hydrogen-bond acceptors (Lipinski definition) is 4. The molecule has 1 aromatic heterocycles. The summed E-state index contributed by atoms with van der Waals surface area (Å²) < 4.78 is 7.57. The van der Waals surface area contributed by atoms with Crippen LogP contribution in [0.3, 0.4) is 0 Å². The van der Waals surface area contributed by atoms with E-state index in [0.717, 1.165) is 28.3 Å². The first-order chi connectivity index (χ1) is 15.3. The highest BCUT2D eigenvalue weighted by Crippen LogP contribution is 2.21. The number of benzene rings is 2. The van der Waals surface area contributed by atoms with Crippen LogP contribution in [0, 0.1) is 20.8 Å². The van der Waals surface area contributed by atoms with E-state index in [0.29, 0.717) is 30.2 Å². The molecule has 0 aliphatic rings. The van der Waals surface area contributed by atoms with Gasteiger partial charge in [0.05, 0.1) is 18.8 Å². The van der Waals surface area contributed by atoms with Crippen LogP contribution in [0.15, 0.2) is 48.5 Å². The van der Waals surface area contributed by atoms with Gasteiger partial charge in [0.2, 0.25) is 5.91 Å². The van der Waals surface area contributed by atoms with Crippen molar-refractivity contribution in [3.63, 3.8) is 0 Å². The average Bonchev–Trinajstić information content (AvgIpc) is 3.07. The van der Waals surface area contributed by atoms with Gasteiger partial charge in [-0.1, -0.05) is 23.7 Å². The molecule has 0 spiro atoms. The fourth-order valence-electron chi connectivity index (χ4n) is 3.27. The van der Waals surface area contributed by atoms with Crippen molar-refractivity contribution in [2.24, 2.45) is 0 Å². The number of nitrogens with zero attached hydrogens (tertiary/aromatic N) is 2. The van der Waals surface area contributed by atoms with Gasteiger partial charge in [-0.25, -0.2) is 0 Å². The highest BCUT2D eigenvalue weighted by molar-refractivity contribution is 6.30. The highest BCUT2D eigenvalue weighted by Gasteiger charge is 2.10. The molecule has 0 saturated heterocycles. The quantitative estimate of drug-likeness (QED) is 0.396. The van der Waals surface area contributed by atoms with Crippen molar-refractivity contribution < 1.29 is 14.3 Å². The summed E-state index contributed by atoms with van der Waals surface area (Å²) >= 11 is 5.93. The Morgan fingerprint density at radius 3 is 2.59 bits per heavy atom. The van der Waals surface area contributed by atoms with Crippen molar-refractivity contribution in [1.82, 2.24) is 20.6 Å². The molecule has 1 heterocycles. The smallest absolute Gasteiger partial charge is 0.269 e. The van der Waals surface area contributed by atoms with Gasteiger partial charge >= 0.3 is 0 Å². The van der Waals surface area contributed by atoms with Crippen LogP contribution in [0.4, 0.5) is 0 Å². The van der Waals surface area contributed by atoms with Gasteiger partial charge in [-0.15, -0.1) is 0 Å². The van der Waals surface area contributed by atoms with Crippen LogP contribution >= 0.6 is 11.6 Å². The Kier molecular flexibility index (Phi) is 7.89. The molecular formula is C24H27ClN4O3. The summed E-state index contributed by atoms with van der Waals surface area (Å²) in [7, 11) is 0. The molecule has 0 atom stereocenters. The zero-order valence-corrected chi connectivity index (χ0v) is 19.2. The van der Waals surface area contributed by atoms with E-state index in [2.05, 4.69) is 16.0 Å². The Hall–Kier alpha value is -3.32. The van der Waals surface area contributed by atoms with E-state index < -0.39 is 0 Å². The Balaban J connectivity index is 1.42. The normalized spacial score (nSPS) is 10.6. The second-order valence-corrected chi connectivity index (χ2v) is 8.09. The lowest BCUT2D eigenvalue weighted by molar-refractivity contribution is -0.122. The largest absolute Gasteiger partial charge is 0.493 e. The Morgan fingerprint density at radius 1 is 1.06 bits per heavy atom. The van der Waals surface area contributed by atoms with E-state index in [-0.39, 0.29) is 18.2 Å². The van der Waals surface area contributed by atoms with Crippen molar-refractivity contribution in [3.8, 4) is 5.75 Å². The summed E-state index contributed by atoms with van der Waals surface area (Å²) in [6.07, 6.45) is 0.743. The van der Waals surface area contributed by atoms with Crippen LogP contribution in [0.25, 0.3) is 0 Å². The third-order valence-corrected chi connectivity index (χ3v) is 5.12. The molecule has 168 valence electrons. The second kappa shape index (κ2) is 10.8. The maximum absolute atomic E-state index is 12.4. The number of rotatable bonds is 8. The van der Waals surface area contributed by atoms with E-state index in [1.165, 1.54) is 0 Å². The maximum Gasteiger partial charge on any atom is 0.269 e. The number of hydrazine groups is 1. The summed E-state index contributed by atoms with van der Waals surface area (Å²) in [5.41, 5.74) is 9.27. The molecule has 0 aliphatic carbocycles. The van der Waals surface area contributed by atoms with Crippen LogP contribution < -0.4 is 15.6 Å². The number of ether oxygens (including phenoxy) is 1. The number of aromatic nitrogens is 2. The predicted molar refractivity (Wildman–Crippen MR) is 124 cm³/mol. The molecule has 0 fully saturated rings. The molecule has 0 unspecified atom stereocenters. The molecule has 3 aromatic rings. The standard InChI is InChI=1S/C24H27ClN4O3/c1-16-12-21(25)9-10-22(16)32-11-5-8-23(30)26-27-24(31)20-7-4-6-19(14-20)15-29-18(3)13-17(2)28-29/h4,6-7,9-10,12-14H,5,8,11,15H2,1-3H3,(H,26,30)(H,27,31). The highest BCUT2D eigenvalue weighted by atomic mass is 35.5. The number of carbonyl (C=O) groups excluding carboxylic acids is 2. The van der Waals surface area contributed by atoms with E-state index in [9.17, 15) is 9.59 Å². The fraction of sp³-hybridized carbons (Fsp3) is 0.292. The van der Waals surface area contributed by atoms with Crippen LogP contribution in [-0.2, 0) is 11.3 Å². The Bertz CT molecular complexity index is 1110. The first-order valence-electron chi connectivity index (χ1n) is 10.4. The summed E-state index contributed by atoms with van der Waals surface area (Å²) in [6, 6.07) is 14.6. The van der Waals surface area contributed by atoms with E-state index in [1.807, 2.05) is 49.7 Å². The summed E-state index contributed by atoms with van der Waals surface area (Å²) in [4.78, 5) is 24.5. The summed E-state index contributed by atoms with van der Waals surface area (Å²) in [5.74, 6) is 0.0821. The van der Waals surface area contributed by atoms with Crippen molar-refractivity contribution >= 4 is 23.4 Å². The number of hydrogen-bond donors (Lipinski definition) is 2. The van der Waals surface area contributed by atoms with Gasteiger partial charge in [0, 0.05) is 22.7 Å². The second-order valence-electron chi connectivity index (χ2n) is 7.65. The van der Waals surface area contributed by atoms with Crippen LogP contribution in [0.5, 0.6) is 5.75 Å². The Labute approximate surface area is 192 Å². The van der Waals surface area contributed by atoms with Crippen LogP contribution in [0.1, 0.15) is 45.7 Å². The molecule has 2 amide bonds. The molecule has 3 rings (SSSR count). The molecule has 8 heteroatoms. The number of aryl methyl sites for hydroxylation is 3. The van der Waals surface area contributed by atoms with Gasteiger partial charge in [-0.3, -0.25) is 25.1 Å². The SMILES string of the molecule is Cc1cc(C)n(Cc2cccc(C(=O)NNC(=O)CCCOc3ccc(Cl)cc3C)c2)n1. The molecule has 2 aromatic carbocycles. The Morgan fingerprint density at radius 2 is 1.88 bits per heavy atom. The van der Waals surface area contributed by atoms with Crippen molar-refractivity contribution in [2.75, 3.05) is 6.61 Å². The molecule has 0 aliphatic heterocycles. The number of nitrogens with one attached hydrogen (secondary N) is 2. The van der Waals surface area contributed by atoms with Gasteiger partial charge in [-0.2, -0.15) is 5.10 Å². The first kappa shape index (κ1) is 23.3. The van der Waals surface area contributed by atoms with Crippen molar-refractivity contribution in [1.29, 1.82) is 0 Å². The maximum atomic E-state index is 12.4. The first-order valence-corrected chi connectivity index (χ1v) is 10.8. The topological polar surface area (TPSA) is 85.2 Å². The lowest BCUT2D eigenvalue weighted by Crippen LogP contribution is -2.41. The van der Waals surface area contributed by atoms with E-state index >= 15 is 0 Å². The number of halogens is 1. The zero-order valence-electron chi connectivity index (χ0n) is 18.4. The van der Waals surface area contributed by atoms with E-state index in [4.69, 9.17) is 16.3 Å². The van der Waals surface area contributed by atoms with Crippen LogP contribution in [0.2, 0.25) is 5.02 Å². The third-order valence-electron chi connectivity index (χ3n) is 4.88. The van der Waals surface area contributed by atoms with Gasteiger partial charge in [0.25, 0.3) is 5.91 Å². The van der Waals surface area contributed by atoms with Crippen molar-refractivity contribution in [3.05, 3.63) is 81.6 Å². The molecule has 0 radical (unpaired) electrons. The van der Waals surface area contributed by atoms with Crippen molar-refractivity contribution in [2.45, 2.75) is 40.2 Å². The lowest BCUT2D eigenvalue weighted by Gasteiger charge is -2.11. The number of amides is 2. The molecule has 0 bridgehead atoms.